The molecule has 0 atom stereocenters. The predicted octanol–water partition coefficient (Wildman–Crippen LogP) is 4.55. The molecule has 2 aromatic carbocycles. The molecule has 7 nitrogen and oxygen atoms in total. The van der Waals surface area contributed by atoms with Crippen LogP contribution in [0, 0.1) is 18.6 Å². The molecule has 34 heavy (non-hydrogen) atoms. The Balaban J connectivity index is 1.57. The number of aromatic nitrogens is 4. The Morgan fingerprint density at radius 1 is 1.03 bits per heavy atom. The molecule has 3 heterocycles. The lowest BCUT2D eigenvalue weighted by Gasteiger charge is -2.26. The number of piperidine rings is 1. The summed E-state index contributed by atoms with van der Waals surface area (Å²) in [6, 6.07) is 11.0. The van der Waals surface area contributed by atoms with E-state index in [2.05, 4.69) is 20.3 Å². The topological polar surface area (TPSA) is 84.9 Å². The number of halogens is 2. The van der Waals surface area contributed by atoms with Crippen molar-refractivity contribution in [1.29, 1.82) is 0 Å². The summed E-state index contributed by atoms with van der Waals surface area (Å²) in [5, 5.41) is 8.24. The summed E-state index contributed by atoms with van der Waals surface area (Å²) >= 11 is 0. The standard InChI is InChI=1S/C25H27F2N7/c1-16-6-5-7-17(14-16)22-21-23(28)34(20-15-18(26)8-9-19(20)27)32-24(21)31-25(30-22)29-10-13-33-11-3-2-4-12-33/h5-9,14-15H,2-4,10-13,28H2,1H3,(H,29,31,32). The number of rotatable bonds is 6. The van der Waals surface area contributed by atoms with E-state index in [0.717, 1.165) is 49.0 Å². The molecule has 4 aromatic rings. The summed E-state index contributed by atoms with van der Waals surface area (Å²) in [6.07, 6.45) is 3.75. The van der Waals surface area contributed by atoms with Gasteiger partial charge in [-0.15, -0.1) is 5.10 Å². The number of nitrogen functional groups attached to an aromatic ring is 1. The van der Waals surface area contributed by atoms with Crippen LogP contribution in [0.1, 0.15) is 24.8 Å². The highest BCUT2D eigenvalue weighted by atomic mass is 19.1. The first-order valence-corrected chi connectivity index (χ1v) is 11.5. The number of anilines is 2. The first-order chi connectivity index (χ1) is 16.5. The maximum absolute atomic E-state index is 14.5. The summed E-state index contributed by atoms with van der Waals surface area (Å²) in [5.41, 5.74) is 9.15. The number of likely N-dealkylation sites (tertiary alicyclic amines) is 1. The molecule has 2 aromatic heterocycles. The van der Waals surface area contributed by atoms with Crippen molar-refractivity contribution in [2.45, 2.75) is 26.2 Å². The fourth-order valence-corrected chi connectivity index (χ4v) is 4.43. The maximum atomic E-state index is 14.5. The summed E-state index contributed by atoms with van der Waals surface area (Å²) in [7, 11) is 0. The third-order valence-electron chi connectivity index (χ3n) is 6.16. The smallest absolute Gasteiger partial charge is 0.225 e. The van der Waals surface area contributed by atoms with Crippen molar-refractivity contribution >= 4 is 22.8 Å². The highest BCUT2D eigenvalue weighted by Gasteiger charge is 2.21. The van der Waals surface area contributed by atoms with Crippen molar-refractivity contribution in [2.24, 2.45) is 0 Å². The molecule has 1 aliphatic rings. The highest BCUT2D eigenvalue weighted by molar-refractivity contribution is 5.99. The van der Waals surface area contributed by atoms with Crippen LogP contribution in [-0.4, -0.2) is 50.8 Å². The molecule has 1 fully saturated rings. The Morgan fingerprint density at radius 2 is 1.85 bits per heavy atom. The number of nitrogens with one attached hydrogen (secondary N) is 1. The average molecular weight is 464 g/mol. The summed E-state index contributed by atoms with van der Waals surface area (Å²) in [6.45, 7) is 5.79. The van der Waals surface area contributed by atoms with Crippen LogP contribution >= 0.6 is 0 Å². The quantitative estimate of drug-likeness (QED) is 0.436. The minimum Gasteiger partial charge on any atom is -0.383 e. The van der Waals surface area contributed by atoms with Crippen LogP contribution in [0.25, 0.3) is 28.0 Å². The van der Waals surface area contributed by atoms with Gasteiger partial charge in [0, 0.05) is 24.7 Å². The third kappa shape index (κ3) is 4.43. The molecular weight excluding hydrogens is 436 g/mol. The number of fused-ring (bicyclic) bond motifs is 1. The number of aryl methyl sites for hydroxylation is 1. The van der Waals surface area contributed by atoms with E-state index < -0.39 is 11.6 Å². The van der Waals surface area contributed by atoms with Gasteiger partial charge in [0.1, 0.15) is 23.1 Å². The van der Waals surface area contributed by atoms with Crippen LogP contribution in [0.2, 0.25) is 0 Å². The molecule has 0 bridgehead atoms. The Bertz CT molecular complexity index is 1330. The molecule has 0 amide bonds. The molecular formula is C25H27F2N7. The normalized spacial score (nSPS) is 14.6. The van der Waals surface area contributed by atoms with Crippen LogP contribution in [0.15, 0.2) is 42.5 Å². The van der Waals surface area contributed by atoms with Crippen molar-refractivity contribution < 1.29 is 8.78 Å². The summed E-state index contributed by atoms with van der Waals surface area (Å²) in [5.74, 6) is -0.646. The predicted molar refractivity (Wildman–Crippen MR) is 130 cm³/mol. The zero-order chi connectivity index (χ0) is 23.7. The van der Waals surface area contributed by atoms with Gasteiger partial charge >= 0.3 is 0 Å². The largest absolute Gasteiger partial charge is 0.383 e. The molecule has 3 N–H and O–H groups in total. The first kappa shape index (κ1) is 22.2. The summed E-state index contributed by atoms with van der Waals surface area (Å²) in [4.78, 5) is 11.7. The number of nitrogens with zero attached hydrogens (tertiary/aromatic N) is 5. The van der Waals surface area contributed by atoms with E-state index in [0.29, 0.717) is 29.2 Å². The van der Waals surface area contributed by atoms with Gasteiger partial charge in [0.05, 0.1) is 11.1 Å². The van der Waals surface area contributed by atoms with Crippen LogP contribution in [-0.2, 0) is 0 Å². The van der Waals surface area contributed by atoms with Crippen molar-refractivity contribution in [3.8, 4) is 16.9 Å². The van der Waals surface area contributed by atoms with Gasteiger partial charge in [-0.25, -0.2) is 18.4 Å². The lowest BCUT2D eigenvalue weighted by atomic mass is 10.1. The van der Waals surface area contributed by atoms with Crippen LogP contribution < -0.4 is 11.1 Å². The van der Waals surface area contributed by atoms with Crippen molar-refractivity contribution in [3.05, 3.63) is 59.7 Å². The van der Waals surface area contributed by atoms with E-state index in [1.165, 1.54) is 23.9 Å². The van der Waals surface area contributed by atoms with E-state index in [9.17, 15) is 8.78 Å². The van der Waals surface area contributed by atoms with Gasteiger partial charge in [0.15, 0.2) is 5.65 Å². The lowest BCUT2D eigenvalue weighted by Crippen LogP contribution is -2.33. The van der Waals surface area contributed by atoms with E-state index in [1.54, 1.807) is 0 Å². The SMILES string of the molecule is Cc1cccc(-c2nc(NCCN3CCCCC3)nc3nn(-c4cc(F)ccc4F)c(N)c23)c1. The monoisotopic (exact) mass is 463 g/mol. The van der Waals surface area contributed by atoms with Crippen LogP contribution in [0.5, 0.6) is 0 Å². The second-order valence-corrected chi connectivity index (χ2v) is 8.69. The Kier molecular flexibility index (Phi) is 6.10. The minimum atomic E-state index is -0.633. The maximum Gasteiger partial charge on any atom is 0.225 e. The number of hydrogen-bond donors (Lipinski definition) is 2. The zero-order valence-electron chi connectivity index (χ0n) is 19.1. The van der Waals surface area contributed by atoms with Gasteiger partial charge in [0.2, 0.25) is 5.95 Å². The molecule has 176 valence electrons. The van der Waals surface area contributed by atoms with Crippen molar-refractivity contribution in [2.75, 3.05) is 37.2 Å². The van der Waals surface area contributed by atoms with E-state index in [4.69, 9.17) is 10.7 Å². The number of hydrogen-bond acceptors (Lipinski definition) is 6. The minimum absolute atomic E-state index is 0.0784. The Morgan fingerprint density at radius 3 is 2.65 bits per heavy atom. The van der Waals surface area contributed by atoms with E-state index in [1.807, 2.05) is 31.2 Å². The Labute approximate surface area is 196 Å². The van der Waals surface area contributed by atoms with Gasteiger partial charge in [-0.1, -0.05) is 30.2 Å². The second-order valence-electron chi connectivity index (χ2n) is 8.69. The van der Waals surface area contributed by atoms with E-state index >= 15 is 0 Å². The van der Waals surface area contributed by atoms with Crippen LogP contribution in [0.4, 0.5) is 20.5 Å². The molecule has 1 saturated heterocycles. The molecule has 0 spiro atoms. The molecule has 5 rings (SSSR count). The number of benzene rings is 2. The van der Waals surface area contributed by atoms with Gasteiger partial charge in [0.25, 0.3) is 0 Å². The van der Waals surface area contributed by atoms with Gasteiger partial charge in [-0.05, 0) is 51.1 Å². The Hall–Kier alpha value is -3.59. The fourth-order valence-electron chi connectivity index (χ4n) is 4.43. The van der Waals surface area contributed by atoms with E-state index in [-0.39, 0.29) is 11.5 Å². The molecule has 0 unspecified atom stereocenters. The molecule has 0 radical (unpaired) electrons. The fraction of sp³-hybridized carbons (Fsp3) is 0.320. The lowest BCUT2D eigenvalue weighted by molar-refractivity contribution is 0.237. The average Bonchev–Trinajstić information content (AvgIpc) is 3.17. The molecule has 0 aliphatic carbocycles. The third-order valence-corrected chi connectivity index (χ3v) is 6.16. The van der Waals surface area contributed by atoms with Crippen molar-refractivity contribution in [3.63, 3.8) is 0 Å². The number of nitrogens with two attached hydrogens (primary N) is 1. The summed E-state index contributed by atoms with van der Waals surface area (Å²) < 4.78 is 29.6. The first-order valence-electron chi connectivity index (χ1n) is 11.5. The molecule has 1 aliphatic heterocycles. The van der Waals surface area contributed by atoms with Crippen LogP contribution in [0.3, 0.4) is 0 Å². The second kappa shape index (κ2) is 9.34. The van der Waals surface area contributed by atoms with Gasteiger partial charge in [-0.2, -0.15) is 4.98 Å². The zero-order valence-corrected chi connectivity index (χ0v) is 19.1. The van der Waals surface area contributed by atoms with Crippen molar-refractivity contribution in [1.82, 2.24) is 24.6 Å². The van der Waals surface area contributed by atoms with Gasteiger partial charge < -0.3 is 16.0 Å². The molecule has 9 heteroatoms. The van der Waals surface area contributed by atoms with Gasteiger partial charge in [-0.3, -0.25) is 0 Å². The molecule has 0 saturated carbocycles. The highest BCUT2D eigenvalue weighted by Crippen LogP contribution is 2.33.